The smallest absolute Gasteiger partial charge is 0.371 e. The van der Waals surface area contributed by atoms with Crippen molar-refractivity contribution in [2.45, 2.75) is 0 Å². The molecule has 3 N–H and O–H groups in total. The van der Waals surface area contributed by atoms with Crippen LogP contribution in [-0.2, 0) is 0 Å². The molecule has 0 bridgehead atoms. The number of furan rings is 1. The van der Waals surface area contributed by atoms with E-state index in [0.717, 1.165) is 12.1 Å². The second-order valence-electron chi connectivity index (χ2n) is 1.73. The normalized spacial score (nSPS) is 9.64. The first-order chi connectivity index (χ1) is 5.11. The highest BCUT2D eigenvalue weighted by molar-refractivity contribution is 5.84. The maximum absolute atomic E-state index is 10.2. The monoisotopic (exact) mass is 159 g/mol. The Morgan fingerprint density at radius 2 is 2.09 bits per heavy atom. The second kappa shape index (κ2) is 2.60. The molecule has 0 unspecified atom stereocenters. The van der Waals surface area contributed by atoms with Gasteiger partial charge >= 0.3 is 5.97 Å². The highest BCUT2D eigenvalue weighted by Gasteiger charge is 2.10. The van der Waals surface area contributed by atoms with E-state index in [2.05, 4.69) is 4.42 Å². The fourth-order valence-corrected chi connectivity index (χ4v) is 0.550. The third-order valence-electron chi connectivity index (χ3n) is 1.000. The Balaban J connectivity index is 2.90. The van der Waals surface area contributed by atoms with Crippen LogP contribution < -0.4 is 5.23 Å². The standard InChI is InChI=1S/C5H5NO5/c7-5(8)3-1-2-4(11-3)6(9)10/h1-2,9-10H,(H,7,8). The molecule has 1 aromatic rings. The highest BCUT2D eigenvalue weighted by Crippen LogP contribution is 2.14. The number of nitrogens with zero attached hydrogens (tertiary/aromatic N) is 1. The van der Waals surface area contributed by atoms with Crippen LogP contribution in [-0.4, -0.2) is 21.5 Å². The van der Waals surface area contributed by atoms with Crippen LogP contribution in [0.1, 0.15) is 10.6 Å². The number of carboxylic acids is 1. The van der Waals surface area contributed by atoms with Crippen LogP contribution in [0.3, 0.4) is 0 Å². The Bertz CT molecular complexity index is 266. The lowest BCUT2D eigenvalue weighted by Gasteiger charge is -2.00. The Morgan fingerprint density at radius 1 is 1.45 bits per heavy atom. The van der Waals surface area contributed by atoms with Crippen LogP contribution >= 0.6 is 0 Å². The van der Waals surface area contributed by atoms with E-state index in [1.807, 2.05) is 0 Å². The molecule has 11 heavy (non-hydrogen) atoms. The topological polar surface area (TPSA) is 94.1 Å². The van der Waals surface area contributed by atoms with Gasteiger partial charge < -0.3 is 9.52 Å². The molecule has 0 atom stereocenters. The summed E-state index contributed by atoms with van der Waals surface area (Å²) >= 11 is 0. The van der Waals surface area contributed by atoms with Crippen molar-refractivity contribution in [3.8, 4) is 0 Å². The van der Waals surface area contributed by atoms with E-state index < -0.39 is 5.97 Å². The minimum Gasteiger partial charge on any atom is -0.475 e. The van der Waals surface area contributed by atoms with E-state index in [1.54, 1.807) is 0 Å². The maximum Gasteiger partial charge on any atom is 0.371 e. The van der Waals surface area contributed by atoms with Gasteiger partial charge in [0.05, 0.1) is 0 Å². The van der Waals surface area contributed by atoms with E-state index >= 15 is 0 Å². The van der Waals surface area contributed by atoms with Crippen LogP contribution in [0.15, 0.2) is 16.5 Å². The molecular weight excluding hydrogens is 154 g/mol. The molecule has 0 amide bonds. The summed E-state index contributed by atoms with van der Waals surface area (Å²) in [5.41, 5.74) is 0. The lowest BCUT2D eigenvalue weighted by molar-refractivity contribution is 0.0166. The van der Waals surface area contributed by atoms with E-state index in [1.165, 1.54) is 0 Å². The fraction of sp³-hybridized carbons (Fsp3) is 0. The van der Waals surface area contributed by atoms with Crippen molar-refractivity contribution in [3.05, 3.63) is 17.9 Å². The van der Waals surface area contributed by atoms with E-state index in [0.29, 0.717) is 0 Å². The molecule has 0 aliphatic rings. The predicted molar refractivity (Wildman–Crippen MR) is 31.7 cm³/mol. The van der Waals surface area contributed by atoms with Gasteiger partial charge in [-0.2, -0.15) is 0 Å². The van der Waals surface area contributed by atoms with Crippen molar-refractivity contribution in [3.63, 3.8) is 0 Å². The van der Waals surface area contributed by atoms with Gasteiger partial charge in [-0.05, 0) is 6.07 Å². The molecule has 0 saturated heterocycles. The van der Waals surface area contributed by atoms with Crippen molar-refractivity contribution in [1.29, 1.82) is 0 Å². The molecule has 1 heterocycles. The molecule has 0 aliphatic carbocycles. The van der Waals surface area contributed by atoms with Crippen molar-refractivity contribution in [2.75, 3.05) is 5.23 Å². The van der Waals surface area contributed by atoms with Gasteiger partial charge in [-0.3, -0.25) is 10.4 Å². The van der Waals surface area contributed by atoms with Crippen LogP contribution in [0.4, 0.5) is 5.88 Å². The number of aromatic carboxylic acids is 1. The molecule has 60 valence electrons. The molecule has 0 saturated carbocycles. The lowest BCUT2D eigenvalue weighted by atomic mass is 10.5. The Labute approximate surface area is 60.8 Å². The number of hydrogen-bond donors (Lipinski definition) is 3. The van der Waals surface area contributed by atoms with Gasteiger partial charge in [-0.15, -0.1) is 0 Å². The van der Waals surface area contributed by atoms with E-state index in [4.69, 9.17) is 15.5 Å². The first kappa shape index (κ1) is 7.58. The fourth-order valence-electron chi connectivity index (χ4n) is 0.550. The molecule has 0 spiro atoms. The average molecular weight is 159 g/mol. The van der Waals surface area contributed by atoms with Crippen LogP contribution in [0, 0.1) is 0 Å². The Kier molecular flexibility index (Phi) is 1.79. The van der Waals surface area contributed by atoms with Gasteiger partial charge in [0.25, 0.3) is 0 Å². The molecule has 0 aromatic carbocycles. The Hall–Kier alpha value is -1.53. The van der Waals surface area contributed by atoms with E-state index in [9.17, 15) is 4.79 Å². The summed E-state index contributed by atoms with van der Waals surface area (Å²) in [4.78, 5) is 10.2. The first-order valence-corrected chi connectivity index (χ1v) is 2.62. The third-order valence-corrected chi connectivity index (χ3v) is 1.000. The Morgan fingerprint density at radius 3 is 2.36 bits per heavy atom. The zero-order chi connectivity index (χ0) is 8.43. The SMILES string of the molecule is O=C(O)c1ccc(N(O)O)o1. The summed E-state index contributed by atoms with van der Waals surface area (Å²) in [6.07, 6.45) is 0. The largest absolute Gasteiger partial charge is 0.475 e. The van der Waals surface area contributed by atoms with Crippen molar-refractivity contribution in [2.24, 2.45) is 0 Å². The number of hydrogen-bond acceptors (Lipinski definition) is 5. The first-order valence-electron chi connectivity index (χ1n) is 2.62. The number of rotatable bonds is 2. The zero-order valence-corrected chi connectivity index (χ0v) is 5.26. The summed E-state index contributed by atoms with van der Waals surface area (Å²) in [6.45, 7) is 0. The summed E-state index contributed by atoms with van der Waals surface area (Å²) in [5.74, 6) is -1.96. The summed E-state index contributed by atoms with van der Waals surface area (Å²) < 4.78 is 4.43. The van der Waals surface area contributed by atoms with Gasteiger partial charge in [0.15, 0.2) is 0 Å². The van der Waals surface area contributed by atoms with Gasteiger partial charge in [-0.25, -0.2) is 4.79 Å². The minimum atomic E-state index is -1.27. The molecule has 0 radical (unpaired) electrons. The summed E-state index contributed by atoms with van der Waals surface area (Å²) in [6, 6.07) is 2.22. The van der Waals surface area contributed by atoms with Crippen LogP contribution in [0.2, 0.25) is 0 Å². The molecular formula is C5H5NO5. The minimum absolute atomic E-state index is 0.299. The van der Waals surface area contributed by atoms with Crippen molar-refractivity contribution in [1.82, 2.24) is 0 Å². The van der Waals surface area contributed by atoms with Crippen LogP contribution in [0.5, 0.6) is 0 Å². The second-order valence-corrected chi connectivity index (χ2v) is 1.73. The molecule has 6 heteroatoms. The van der Waals surface area contributed by atoms with Gasteiger partial charge in [-0.1, -0.05) is 5.23 Å². The predicted octanol–water partition coefficient (Wildman–Crippen LogP) is 0.563. The van der Waals surface area contributed by atoms with Crippen molar-refractivity contribution >= 4 is 11.9 Å². The third kappa shape index (κ3) is 1.48. The molecule has 1 rings (SSSR count). The number of carbonyl (C=O) groups is 1. The quantitative estimate of drug-likeness (QED) is 0.546. The summed E-state index contributed by atoms with van der Waals surface area (Å²) in [5, 5.41) is 24.6. The number of anilines is 1. The van der Waals surface area contributed by atoms with E-state index in [-0.39, 0.29) is 16.9 Å². The molecule has 0 fully saturated rings. The maximum atomic E-state index is 10.2. The van der Waals surface area contributed by atoms with Gasteiger partial charge in [0.1, 0.15) is 0 Å². The van der Waals surface area contributed by atoms with Gasteiger partial charge in [0, 0.05) is 6.07 Å². The van der Waals surface area contributed by atoms with Crippen LogP contribution in [0.25, 0.3) is 0 Å². The highest BCUT2D eigenvalue weighted by atomic mass is 16.8. The molecule has 0 aliphatic heterocycles. The van der Waals surface area contributed by atoms with Gasteiger partial charge in [0.2, 0.25) is 11.6 Å². The lowest BCUT2D eigenvalue weighted by Crippen LogP contribution is -2.09. The summed E-state index contributed by atoms with van der Waals surface area (Å²) in [7, 11) is 0. The molecule has 6 nitrogen and oxygen atoms in total. The molecule has 1 aromatic heterocycles. The number of carboxylic acid groups (broad SMARTS) is 1. The average Bonchev–Trinajstić information content (AvgIpc) is 2.33. The zero-order valence-electron chi connectivity index (χ0n) is 5.26. The van der Waals surface area contributed by atoms with Crippen molar-refractivity contribution < 1.29 is 24.7 Å².